The first-order valence-corrected chi connectivity index (χ1v) is 4.03. The molecule has 3 rings (SSSR count). The molecule has 13 heavy (non-hydrogen) atoms. The number of hydrogen-bond acceptors (Lipinski definition) is 3. The summed E-state index contributed by atoms with van der Waals surface area (Å²) in [7, 11) is 0. The predicted octanol–water partition coefficient (Wildman–Crippen LogP) is 2.38. The molecule has 0 spiro atoms. The minimum absolute atomic E-state index is 0.596. The lowest BCUT2D eigenvalue weighted by atomic mass is 10.3. The van der Waals surface area contributed by atoms with Crippen molar-refractivity contribution in [3.05, 3.63) is 36.6 Å². The maximum atomic E-state index is 5.15. The van der Waals surface area contributed by atoms with Crippen LogP contribution in [0.2, 0.25) is 0 Å². The summed E-state index contributed by atoms with van der Waals surface area (Å²) in [6.45, 7) is 0. The Bertz CT molecular complexity index is 521. The highest BCUT2D eigenvalue weighted by molar-refractivity contribution is 5.83. The van der Waals surface area contributed by atoms with Gasteiger partial charge >= 0.3 is 0 Å². The van der Waals surface area contributed by atoms with Crippen molar-refractivity contribution in [2.24, 2.45) is 0 Å². The highest BCUT2D eigenvalue weighted by atomic mass is 16.3. The molecule has 0 aliphatic heterocycles. The molecule has 3 heteroatoms. The van der Waals surface area contributed by atoms with Gasteiger partial charge in [-0.3, -0.25) is 0 Å². The van der Waals surface area contributed by atoms with Gasteiger partial charge in [-0.15, -0.1) is 0 Å². The van der Waals surface area contributed by atoms with E-state index in [2.05, 4.69) is 9.97 Å². The topological polar surface area (TPSA) is 38.9 Å². The monoisotopic (exact) mass is 170 g/mol. The first kappa shape index (κ1) is 6.60. The van der Waals surface area contributed by atoms with E-state index in [-0.39, 0.29) is 0 Å². The molecule has 3 nitrogen and oxygen atoms in total. The van der Waals surface area contributed by atoms with Gasteiger partial charge in [-0.2, -0.15) is 0 Å². The summed E-state index contributed by atoms with van der Waals surface area (Å²) < 4.78 is 5.15. The Morgan fingerprint density at radius 1 is 0.846 bits per heavy atom. The molecular weight excluding hydrogens is 164 g/mol. The average Bonchev–Trinajstić information content (AvgIpc) is 2.61. The third-order valence-electron chi connectivity index (χ3n) is 1.97. The molecule has 3 aromatic rings. The van der Waals surface area contributed by atoms with E-state index in [0.29, 0.717) is 5.71 Å². The fourth-order valence-electron chi connectivity index (χ4n) is 1.36. The van der Waals surface area contributed by atoms with Gasteiger partial charge in [0.25, 0.3) is 0 Å². The van der Waals surface area contributed by atoms with E-state index in [1.54, 1.807) is 6.26 Å². The lowest BCUT2D eigenvalue weighted by Gasteiger charge is -1.93. The van der Waals surface area contributed by atoms with Crippen molar-refractivity contribution < 1.29 is 4.42 Å². The van der Waals surface area contributed by atoms with E-state index in [1.165, 1.54) is 0 Å². The van der Waals surface area contributed by atoms with Gasteiger partial charge in [0.15, 0.2) is 0 Å². The summed E-state index contributed by atoms with van der Waals surface area (Å²) in [5, 5.41) is 0. The van der Waals surface area contributed by atoms with Crippen molar-refractivity contribution in [3.63, 3.8) is 0 Å². The smallest absolute Gasteiger partial charge is 0.245 e. The first-order chi connectivity index (χ1) is 6.43. The summed E-state index contributed by atoms with van der Waals surface area (Å²) in [5.74, 6) is 0. The minimum atomic E-state index is 0.596. The van der Waals surface area contributed by atoms with E-state index in [4.69, 9.17) is 4.42 Å². The fraction of sp³-hybridized carbons (Fsp3) is 0. The zero-order valence-corrected chi connectivity index (χ0v) is 6.77. The van der Waals surface area contributed by atoms with Crippen LogP contribution < -0.4 is 0 Å². The Balaban J connectivity index is 2.57. The molecule has 0 bridgehead atoms. The fourth-order valence-corrected chi connectivity index (χ4v) is 1.36. The van der Waals surface area contributed by atoms with Crippen LogP contribution in [-0.2, 0) is 0 Å². The lowest BCUT2D eigenvalue weighted by Crippen LogP contribution is -1.82. The number of hydrogen-bond donors (Lipinski definition) is 0. The molecule has 0 amide bonds. The summed E-state index contributed by atoms with van der Waals surface area (Å²) >= 11 is 0. The number of rotatable bonds is 0. The van der Waals surface area contributed by atoms with Gasteiger partial charge in [-0.25, -0.2) is 9.97 Å². The standard InChI is InChI=1S/C10H6N2O/c1-2-4-8-7(3-1)11-9-5-6-13-10(9)12-8/h1-6H. The van der Waals surface area contributed by atoms with Crippen LogP contribution in [0.4, 0.5) is 0 Å². The quantitative estimate of drug-likeness (QED) is 0.520. The summed E-state index contributed by atoms with van der Waals surface area (Å²) in [6.07, 6.45) is 1.60. The van der Waals surface area contributed by atoms with Crippen LogP contribution in [0.25, 0.3) is 22.3 Å². The van der Waals surface area contributed by atoms with Gasteiger partial charge in [-0.05, 0) is 12.1 Å². The van der Waals surface area contributed by atoms with E-state index in [0.717, 1.165) is 16.6 Å². The molecule has 0 N–H and O–H groups in total. The van der Waals surface area contributed by atoms with Crippen LogP contribution in [0.5, 0.6) is 0 Å². The van der Waals surface area contributed by atoms with Crippen molar-refractivity contribution in [3.8, 4) is 0 Å². The third-order valence-corrected chi connectivity index (χ3v) is 1.97. The molecule has 0 fully saturated rings. The number of aromatic nitrogens is 2. The van der Waals surface area contributed by atoms with Crippen LogP contribution in [0, 0.1) is 0 Å². The maximum absolute atomic E-state index is 5.15. The number of benzene rings is 1. The molecule has 0 radical (unpaired) electrons. The second-order valence-electron chi connectivity index (χ2n) is 2.82. The zero-order chi connectivity index (χ0) is 8.67. The Kier molecular flexibility index (Phi) is 1.16. The van der Waals surface area contributed by atoms with Crippen LogP contribution >= 0.6 is 0 Å². The van der Waals surface area contributed by atoms with Gasteiger partial charge in [0, 0.05) is 6.07 Å². The molecule has 0 unspecified atom stereocenters. The van der Waals surface area contributed by atoms with Crippen molar-refractivity contribution >= 4 is 22.3 Å². The van der Waals surface area contributed by atoms with E-state index in [1.807, 2.05) is 30.3 Å². The van der Waals surface area contributed by atoms with Crippen LogP contribution in [0.1, 0.15) is 0 Å². The molecule has 0 aliphatic rings. The zero-order valence-electron chi connectivity index (χ0n) is 6.77. The Morgan fingerprint density at radius 2 is 1.62 bits per heavy atom. The largest absolute Gasteiger partial charge is 0.445 e. The molecule has 0 aliphatic carbocycles. The number of para-hydroxylation sites is 2. The minimum Gasteiger partial charge on any atom is -0.445 e. The van der Waals surface area contributed by atoms with Crippen molar-refractivity contribution in [2.45, 2.75) is 0 Å². The Labute approximate surface area is 74.0 Å². The summed E-state index contributed by atoms with van der Waals surface area (Å²) in [5.41, 5.74) is 3.17. The van der Waals surface area contributed by atoms with Gasteiger partial charge < -0.3 is 4.42 Å². The second kappa shape index (κ2) is 2.29. The van der Waals surface area contributed by atoms with E-state index in [9.17, 15) is 0 Å². The van der Waals surface area contributed by atoms with Crippen LogP contribution in [-0.4, -0.2) is 9.97 Å². The normalized spacial score (nSPS) is 11.1. The van der Waals surface area contributed by atoms with Gasteiger partial charge in [0.2, 0.25) is 5.71 Å². The Hall–Kier alpha value is -1.90. The third kappa shape index (κ3) is 0.902. The number of fused-ring (bicyclic) bond motifs is 2. The molecule has 0 saturated heterocycles. The average molecular weight is 170 g/mol. The SMILES string of the molecule is c1ccc2nc3occc3nc2c1. The molecule has 0 atom stereocenters. The molecule has 62 valence electrons. The molecule has 1 aromatic carbocycles. The molecular formula is C10H6N2O. The summed E-state index contributed by atoms with van der Waals surface area (Å²) in [6, 6.07) is 9.56. The molecule has 2 heterocycles. The van der Waals surface area contributed by atoms with Crippen molar-refractivity contribution in [1.29, 1.82) is 0 Å². The summed E-state index contributed by atoms with van der Waals surface area (Å²) in [4.78, 5) is 8.69. The van der Waals surface area contributed by atoms with Gasteiger partial charge in [0.1, 0.15) is 5.52 Å². The van der Waals surface area contributed by atoms with Crippen LogP contribution in [0.3, 0.4) is 0 Å². The van der Waals surface area contributed by atoms with E-state index < -0.39 is 0 Å². The maximum Gasteiger partial charge on any atom is 0.245 e. The highest BCUT2D eigenvalue weighted by Crippen LogP contribution is 2.15. The van der Waals surface area contributed by atoms with Gasteiger partial charge in [-0.1, -0.05) is 12.1 Å². The highest BCUT2D eigenvalue weighted by Gasteiger charge is 2.01. The van der Waals surface area contributed by atoms with Crippen molar-refractivity contribution in [1.82, 2.24) is 9.97 Å². The molecule has 2 aromatic heterocycles. The van der Waals surface area contributed by atoms with Crippen molar-refractivity contribution in [2.75, 3.05) is 0 Å². The predicted molar refractivity (Wildman–Crippen MR) is 49.3 cm³/mol. The number of nitrogens with zero attached hydrogens (tertiary/aromatic N) is 2. The molecule has 0 saturated carbocycles. The lowest BCUT2D eigenvalue weighted by molar-refractivity contribution is 0.604. The van der Waals surface area contributed by atoms with Crippen LogP contribution in [0.15, 0.2) is 41.0 Å². The second-order valence-corrected chi connectivity index (χ2v) is 2.82. The van der Waals surface area contributed by atoms with E-state index >= 15 is 0 Å². The number of furan rings is 1. The first-order valence-electron chi connectivity index (χ1n) is 4.03. The van der Waals surface area contributed by atoms with Gasteiger partial charge in [0.05, 0.1) is 17.3 Å². The Morgan fingerprint density at radius 3 is 2.46 bits per heavy atom.